The number of methoxy groups -OCH3 is 1. The zero-order chi connectivity index (χ0) is 15.0. The molecule has 2 heterocycles. The van der Waals surface area contributed by atoms with Crippen molar-refractivity contribution in [3.8, 4) is 0 Å². The number of hydrogen-bond donors (Lipinski definition) is 0. The van der Waals surface area contributed by atoms with Crippen molar-refractivity contribution in [1.82, 2.24) is 15.0 Å². The Hall–Kier alpha value is -2.27. The van der Waals surface area contributed by atoms with Crippen LogP contribution in [0.15, 0.2) is 30.6 Å². The molecule has 2 aromatic rings. The predicted molar refractivity (Wildman–Crippen MR) is 78.1 cm³/mol. The Morgan fingerprint density at radius 2 is 2.19 bits per heavy atom. The second-order valence-electron chi connectivity index (χ2n) is 4.70. The predicted octanol–water partition coefficient (Wildman–Crippen LogP) is 2.86. The van der Waals surface area contributed by atoms with Crippen LogP contribution in [0, 0.1) is 0 Å². The minimum atomic E-state index is -0.493. The normalized spacial score (nSPS) is 16.3. The van der Waals surface area contributed by atoms with Gasteiger partial charge in [-0.1, -0.05) is 19.1 Å². The molecule has 5 nitrogen and oxygen atoms in total. The van der Waals surface area contributed by atoms with Gasteiger partial charge in [0.15, 0.2) is 0 Å². The third kappa shape index (κ3) is 2.29. The van der Waals surface area contributed by atoms with Gasteiger partial charge in [-0.05, 0) is 17.7 Å². The van der Waals surface area contributed by atoms with Crippen LogP contribution in [0.4, 0.5) is 0 Å². The lowest BCUT2D eigenvalue weighted by atomic mass is 10.0. The van der Waals surface area contributed by atoms with Gasteiger partial charge in [-0.2, -0.15) is 0 Å². The van der Waals surface area contributed by atoms with E-state index in [-0.39, 0.29) is 16.8 Å². The zero-order valence-corrected chi connectivity index (χ0v) is 12.3. The summed E-state index contributed by atoms with van der Waals surface area (Å²) in [5, 5.41) is 0.0866. The molecule has 0 radical (unpaired) electrons. The van der Waals surface area contributed by atoms with Crippen LogP contribution in [-0.4, -0.2) is 28.0 Å². The van der Waals surface area contributed by atoms with E-state index in [0.717, 1.165) is 16.8 Å². The van der Waals surface area contributed by atoms with Gasteiger partial charge in [0.25, 0.3) is 0 Å². The van der Waals surface area contributed by atoms with E-state index in [1.165, 1.54) is 13.3 Å². The summed E-state index contributed by atoms with van der Waals surface area (Å²) < 4.78 is 4.79. The number of ether oxygens (including phenoxy) is 1. The van der Waals surface area contributed by atoms with E-state index in [4.69, 9.17) is 16.3 Å². The summed E-state index contributed by atoms with van der Waals surface area (Å²) in [6, 6.07) is 3.81. The first-order valence-corrected chi connectivity index (χ1v) is 6.78. The quantitative estimate of drug-likeness (QED) is 0.630. The van der Waals surface area contributed by atoms with Crippen molar-refractivity contribution < 1.29 is 9.53 Å². The number of nitrogens with zero attached hydrogens (tertiary/aromatic N) is 3. The van der Waals surface area contributed by atoms with E-state index in [9.17, 15) is 4.79 Å². The van der Waals surface area contributed by atoms with Crippen LogP contribution >= 0.6 is 11.6 Å². The molecule has 21 heavy (non-hydrogen) atoms. The molecule has 0 aliphatic heterocycles. The summed E-state index contributed by atoms with van der Waals surface area (Å²) in [7, 11) is 1.32. The number of allylic oxidation sites excluding steroid dienone is 1. The fourth-order valence-corrected chi connectivity index (χ4v) is 2.59. The number of aromatic nitrogens is 3. The third-order valence-corrected chi connectivity index (χ3v) is 3.58. The van der Waals surface area contributed by atoms with Crippen LogP contribution in [0.5, 0.6) is 0 Å². The van der Waals surface area contributed by atoms with Crippen LogP contribution in [-0.2, 0) is 4.74 Å². The van der Waals surface area contributed by atoms with Crippen molar-refractivity contribution in [3.05, 3.63) is 58.4 Å². The number of carbonyl (C=O) groups excluding carboxylic acids is 1. The second-order valence-corrected chi connectivity index (χ2v) is 5.04. The highest BCUT2D eigenvalue weighted by molar-refractivity contribution is 6.28. The summed E-state index contributed by atoms with van der Waals surface area (Å²) in [6.07, 6.45) is 5.15. The monoisotopic (exact) mass is 301 g/mol. The molecule has 6 heteroatoms. The largest absolute Gasteiger partial charge is 0.465 e. The first-order chi connectivity index (χ1) is 10.1. The van der Waals surface area contributed by atoms with Crippen LogP contribution in [0.3, 0.4) is 0 Å². The Kier molecular flexibility index (Phi) is 3.43. The van der Waals surface area contributed by atoms with Crippen LogP contribution in [0.2, 0.25) is 5.28 Å². The minimum absolute atomic E-state index is 0.0866. The van der Waals surface area contributed by atoms with Gasteiger partial charge in [0.2, 0.25) is 5.28 Å². The fourth-order valence-electron chi connectivity index (χ4n) is 2.46. The first kappa shape index (κ1) is 13.7. The Balaban J connectivity index is 2.20. The summed E-state index contributed by atoms with van der Waals surface area (Å²) in [5.74, 6) is -0.344. The number of rotatable bonds is 2. The van der Waals surface area contributed by atoms with Gasteiger partial charge in [0, 0.05) is 29.4 Å². The van der Waals surface area contributed by atoms with Crippen molar-refractivity contribution in [1.29, 1.82) is 0 Å². The van der Waals surface area contributed by atoms with Crippen LogP contribution in [0.25, 0.3) is 5.57 Å². The third-order valence-electron chi connectivity index (χ3n) is 3.40. The molecule has 3 rings (SSSR count). The molecule has 0 aromatic carbocycles. The van der Waals surface area contributed by atoms with Crippen molar-refractivity contribution in [2.45, 2.75) is 12.8 Å². The molecule has 0 fully saturated rings. The molecule has 0 saturated heterocycles. The first-order valence-electron chi connectivity index (χ1n) is 6.40. The summed E-state index contributed by atoms with van der Waals surface area (Å²) in [4.78, 5) is 24.4. The molecule has 0 N–H and O–H groups in total. The number of halogens is 1. The number of carbonyl (C=O) groups is 1. The molecule has 106 valence electrons. The van der Waals surface area contributed by atoms with Gasteiger partial charge in [-0.3, -0.25) is 4.98 Å². The second kappa shape index (κ2) is 5.26. The Morgan fingerprint density at radius 3 is 2.95 bits per heavy atom. The van der Waals surface area contributed by atoms with Crippen molar-refractivity contribution in [2.24, 2.45) is 0 Å². The molecule has 0 spiro atoms. The van der Waals surface area contributed by atoms with Crippen molar-refractivity contribution in [2.75, 3.05) is 7.11 Å². The van der Waals surface area contributed by atoms with Gasteiger partial charge < -0.3 is 4.74 Å². The van der Waals surface area contributed by atoms with Crippen molar-refractivity contribution >= 4 is 23.1 Å². The van der Waals surface area contributed by atoms with Gasteiger partial charge >= 0.3 is 5.97 Å². The van der Waals surface area contributed by atoms with Crippen molar-refractivity contribution in [3.63, 3.8) is 0 Å². The molecule has 1 unspecified atom stereocenters. The molecule has 0 saturated carbocycles. The average molecular weight is 302 g/mol. The standard InChI is InChI=1S/C15H12ClN3O2/c1-8-6-10(9-4-3-5-17-12(8)9)13-11(14(20)21-2)7-18-15(16)19-13/h3-8H,1-2H3. The Morgan fingerprint density at radius 1 is 1.38 bits per heavy atom. The van der Waals surface area contributed by atoms with Gasteiger partial charge in [-0.15, -0.1) is 0 Å². The van der Waals surface area contributed by atoms with Crippen LogP contribution in [0.1, 0.15) is 40.2 Å². The Bertz CT molecular complexity index is 758. The topological polar surface area (TPSA) is 65.0 Å². The molecule has 2 aromatic heterocycles. The molecule has 1 atom stereocenters. The fraction of sp³-hybridized carbons (Fsp3) is 0.200. The van der Waals surface area contributed by atoms with E-state index in [1.807, 2.05) is 25.1 Å². The summed E-state index contributed by atoms with van der Waals surface area (Å²) in [5.41, 5.74) is 3.50. The number of pyridine rings is 1. The van der Waals surface area contributed by atoms with E-state index >= 15 is 0 Å². The summed E-state index contributed by atoms with van der Waals surface area (Å²) in [6.45, 7) is 2.04. The number of hydrogen-bond acceptors (Lipinski definition) is 5. The highest BCUT2D eigenvalue weighted by Crippen LogP contribution is 2.38. The van der Waals surface area contributed by atoms with E-state index in [1.54, 1.807) is 6.20 Å². The molecule has 1 aliphatic carbocycles. The van der Waals surface area contributed by atoms with E-state index in [2.05, 4.69) is 15.0 Å². The number of fused-ring (bicyclic) bond motifs is 1. The minimum Gasteiger partial charge on any atom is -0.465 e. The van der Waals surface area contributed by atoms with Gasteiger partial charge in [0.1, 0.15) is 5.56 Å². The highest BCUT2D eigenvalue weighted by Gasteiger charge is 2.27. The average Bonchev–Trinajstić information content (AvgIpc) is 2.84. The summed E-state index contributed by atoms with van der Waals surface area (Å²) >= 11 is 5.89. The molecule has 1 aliphatic rings. The lowest BCUT2D eigenvalue weighted by Gasteiger charge is -2.09. The zero-order valence-electron chi connectivity index (χ0n) is 11.5. The molecular formula is C15H12ClN3O2. The Labute approximate surface area is 126 Å². The van der Waals surface area contributed by atoms with Crippen LogP contribution < -0.4 is 0 Å². The maximum absolute atomic E-state index is 11.9. The smallest absolute Gasteiger partial charge is 0.341 e. The molecular weight excluding hydrogens is 290 g/mol. The van der Waals surface area contributed by atoms with E-state index < -0.39 is 5.97 Å². The maximum atomic E-state index is 11.9. The molecule has 0 amide bonds. The number of esters is 1. The lowest BCUT2D eigenvalue weighted by molar-refractivity contribution is 0.0599. The molecule has 0 bridgehead atoms. The maximum Gasteiger partial charge on any atom is 0.341 e. The lowest BCUT2D eigenvalue weighted by Crippen LogP contribution is -2.09. The highest BCUT2D eigenvalue weighted by atomic mass is 35.5. The van der Waals surface area contributed by atoms with E-state index in [0.29, 0.717) is 5.69 Å². The van der Waals surface area contributed by atoms with Gasteiger partial charge in [0.05, 0.1) is 18.5 Å². The SMILES string of the molecule is COC(=O)c1cnc(Cl)nc1C1=CC(C)c2ncccc21. The van der Waals surface area contributed by atoms with Gasteiger partial charge in [-0.25, -0.2) is 14.8 Å².